The molecule has 4 rings (SSSR count). The number of carbonyl (C=O) groups is 1. The number of benzene rings is 2. The summed E-state index contributed by atoms with van der Waals surface area (Å²) in [5.74, 6) is -0.0943. The van der Waals surface area contributed by atoms with Crippen molar-refractivity contribution in [2.75, 3.05) is 31.3 Å². The molecule has 1 fully saturated rings. The highest BCUT2D eigenvalue weighted by molar-refractivity contribution is 7.99. The molecule has 1 aliphatic heterocycles. The number of sulfonamides is 1. The van der Waals surface area contributed by atoms with Crippen molar-refractivity contribution in [1.82, 2.24) is 13.9 Å². The molecule has 2 aromatic carbocycles. The van der Waals surface area contributed by atoms with Crippen molar-refractivity contribution in [2.24, 2.45) is 0 Å². The molecule has 0 unspecified atom stereocenters. The molecule has 0 radical (unpaired) electrons. The average molecular weight is 531 g/mol. The van der Waals surface area contributed by atoms with Crippen LogP contribution in [0.4, 0.5) is 5.69 Å². The molecule has 192 valence electrons. The van der Waals surface area contributed by atoms with Gasteiger partial charge in [0, 0.05) is 25.3 Å². The fourth-order valence-electron chi connectivity index (χ4n) is 4.21. The number of carbonyl (C=O) groups excluding carboxylic acids is 1. The van der Waals surface area contributed by atoms with Crippen LogP contribution in [0.3, 0.4) is 0 Å². The van der Waals surface area contributed by atoms with E-state index in [1.54, 1.807) is 34.9 Å². The highest BCUT2D eigenvalue weighted by atomic mass is 32.2. The van der Waals surface area contributed by atoms with Crippen LogP contribution in [0.1, 0.15) is 32.6 Å². The SMILES string of the molecule is CCCn1c(SCC(=O)Nc2ccc(OC)c(S(=O)(=O)N3CCCCC3)c2)nc2ccccc2c1=O. The zero-order valence-corrected chi connectivity index (χ0v) is 22.0. The predicted octanol–water partition coefficient (Wildman–Crippen LogP) is 3.72. The molecule has 0 bridgehead atoms. The second kappa shape index (κ2) is 11.4. The summed E-state index contributed by atoms with van der Waals surface area (Å²) in [4.78, 5) is 30.3. The van der Waals surface area contributed by atoms with Gasteiger partial charge in [0.2, 0.25) is 15.9 Å². The maximum absolute atomic E-state index is 13.2. The van der Waals surface area contributed by atoms with Crippen molar-refractivity contribution >= 4 is 44.3 Å². The van der Waals surface area contributed by atoms with Crippen LogP contribution >= 0.6 is 11.8 Å². The summed E-state index contributed by atoms with van der Waals surface area (Å²) in [5, 5.41) is 3.78. The van der Waals surface area contributed by atoms with Gasteiger partial charge in [-0.1, -0.05) is 37.2 Å². The van der Waals surface area contributed by atoms with Crippen LogP contribution in [0.25, 0.3) is 10.9 Å². The Morgan fingerprint density at radius 1 is 1.14 bits per heavy atom. The normalized spacial score (nSPS) is 14.6. The lowest BCUT2D eigenvalue weighted by Gasteiger charge is -2.26. The second-order valence-electron chi connectivity index (χ2n) is 8.54. The minimum atomic E-state index is -3.75. The molecular weight excluding hydrogens is 500 g/mol. The quantitative estimate of drug-likeness (QED) is 0.332. The third-order valence-corrected chi connectivity index (χ3v) is 8.88. The van der Waals surface area contributed by atoms with Gasteiger partial charge in [0.05, 0.1) is 23.8 Å². The van der Waals surface area contributed by atoms with Crippen LogP contribution in [0.2, 0.25) is 0 Å². The van der Waals surface area contributed by atoms with E-state index >= 15 is 0 Å². The van der Waals surface area contributed by atoms with E-state index in [1.165, 1.54) is 29.2 Å². The lowest BCUT2D eigenvalue weighted by atomic mass is 10.2. The first kappa shape index (κ1) is 26.2. The Kier molecular flexibility index (Phi) is 8.32. The van der Waals surface area contributed by atoms with Crippen LogP contribution in [0.5, 0.6) is 5.75 Å². The minimum Gasteiger partial charge on any atom is -0.495 e. The van der Waals surface area contributed by atoms with E-state index in [0.717, 1.165) is 25.7 Å². The molecule has 3 aromatic rings. The number of nitrogens with one attached hydrogen (secondary N) is 1. The molecule has 36 heavy (non-hydrogen) atoms. The summed E-state index contributed by atoms with van der Waals surface area (Å²) in [5.41, 5.74) is 0.808. The van der Waals surface area contributed by atoms with Crippen LogP contribution in [0, 0.1) is 0 Å². The zero-order valence-electron chi connectivity index (χ0n) is 20.4. The molecule has 1 aromatic heterocycles. The van der Waals surface area contributed by atoms with Crippen molar-refractivity contribution < 1.29 is 17.9 Å². The summed E-state index contributed by atoms with van der Waals surface area (Å²) < 4.78 is 34.9. The molecule has 2 heterocycles. The maximum atomic E-state index is 13.2. The van der Waals surface area contributed by atoms with Gasteiger partial charge in [0.15, 0.2) is 5.16 Å². The molecule has 0 spiro atoms. The van der Waals surface area contributed by atoms with Gasteiger partial charge in [-0.3, -0.25) is 14.2 Å². The molecule has 1 aliphatic rings. The van der Waals surface area contributed by atoms with Gasteiger partial charge in [-0.15, -0.1) is 0 Å². The van der Waals surface area contributed by atoms with Gasteiger partial charge in [0.25, 0.3) is 5.56 Å². The number of methoxy groups -OCH3 is 1. The number of fused-ring (bicyclic) bond motifs is 1. The Hall–Kier alpha value is -2.89. The van der Waals surface area contributed by atoms with Crippen molar-refractivity contribution in [2.45, 2.75) is 49.2 Å². The number of thioether (sulfide) groups is 1. The Labute approximate surface area is 214 Å². The molecule has 1 amide bonds. The number of rotatable bonds is 9. The van der Waals surface area contributed by atoms with E-state index in [9.17, 15) is 18.0 Å². The third kappa shape index (κ3) is 5.58. The number of nitrogens with zero attached hydrogens (tertiary/aromatic N) is 3. The molecule has 1 saturated heterocycles. The van der Waals surface area contributed by atoms with E-state index in [1.807, 2.05) is 13.0 Å². The standard InChI is InChI=1S/C25H30N4O5S2/c1-3-13-29-24(31)19-9-5-6-10-20(19)27-25(29)35-17-23(30)26-18-11-12-21(34-2)22(16-18)36(32,33)28-14-7-4-8-15-28/h5-6,9-12,16H,3-4,7-8,13-15,17H2,1-2H3,(H,26,30). The van der Waals surface area contributed by atoms with Crippen LogP contribution in [-0.2, 0) is 21.4 Å². The predicted molar refractivity (Wildman–Crippen MR) is 141 cm³/mol. The highest BCUT2D eigenvalue weighted by Gasteiger charge is 2.29. The summed E-state index contributed by atoms with van der Waals surface area (Å²) in [7, 11) is -2.33. The summed E-state index contributed by atoms with van der Waals surface area (Å²) in [6, 6.07) is 11.7. The van der Waals surface area contributed by atoms with Crippen molar-refractivity contribution in [3.63, 3.8) is 0 Å². The molecule has 0 saturated carbocycles. The van der Waals surface area contributed by atoms with E-state index < -0.39 is 10.0 Å². The fourth-order valence-corrected chi connectivity index (χ4v) is 6.73. The summed E-state index contributed by atoms with van der Waals surface area (Å²) >= 11 is 1.17. The van der Waals surface area contributed by atoms with Crippen molar-refractivity contribution in [1.29, 1.82) is 0 Å². The third-order valence-electron chi connectivity index (χ3n) is 5.99. The van der Waals surface area contributed by atoms with Gasteiger partial charge in [-0.05, 0) is 49.6 Å². The molecule has 0 atom stereocenters. The van der Waals surface area contributed by atoms with Crippen LogP contribution < -0.4 is 15.6 Å². The van der Waals surface area contributed by atoms with E-state index in [2.05, 4.69) is 10.3 Å². The number of hydrogen-bond donors (Lipinski definition) is 1. The van der Waals surface area contributed by atoms with Gasteiger partial charge >= 0.3 is 0 Å². The monoisotopic (exact) mass is 530 g/mol. The van der Waals surface area contributed by atoms with Crippen molar-refractivity contribution in [3.8, 4) is 5.75 Å². The summed E-state index contributed by atoms with van der Waals surface area (Å²) in [6.45, 7) is 3.41. The van der Waals surface area contributed by atoms with Gasteiger partial charge in [0.1, 0.15) is 10.6 Å². The fraction of sp³-hybridized carbons (Fsp3) is 0.400. The number of anilines is 1. The largest absolute Gasteiger partial charge is 0.495 e. The smallest absolute Gasteiger partial charge is 0.262 e. The van der Waals surface area contributed by atoms with Crippen molar-refractivity contribution in [3.05, 3.63) is 52.8 Å². The zero-order chi connectivity index (χ0) is 25.7. The van der Waals surface area contributed by atoms with E-state index in [4.69, 9.17) is 4.74 Å². The van der Waals surface area contributed by atoms with E-state index in [0.29, 0.717) is 41.4 Å². The highest BCUT2D eigenvalue weighted by Crippen LogP contribution is 2.31. The first-order valence-corrected chi connectivity index (χ1v) is 14.4. The summed E-state index contributed by atoms with van der Waals surface area (Å²) in [6.07, 6.45) is 3.40. The second-order valence-corrected chi connectivity index (χ2v) is 11.4. The molecule has 9 nitrogen and oxygen atoms in total. The van der Waals surface area contributed by atoms with Crippen LogP contribution in [-0.4, -0.2) is 54.1 Å². The van der Waals surface area contributed by atoms with Gasteiger partial charge in [-0.25, -0.2) is 13.4 Å². The maximum Gasteiger partial charge on any atom is 0.262 e. The number of aromatic nitrogens is 2. The molecule has 11 heteroatoms. The number of hydrogen-bond acceptors (Lipinski definition) is 7. The first-order valence-electron chi connectivity index (χ1n) is 12.0. The Morgan fingerprint density at radius 3 is 2.61 bits per heavy atom. The number of piperidine rings is 1. The molecular formula is C25H30N4O5S2. The van der Waals surface area contributed by atoms with Gasteiger partial charge < -0.3 is 10.1 Å². The first-order chi connectivity index (χ1) is 17.3. The molecule has 1 N–H and O–H groups in total. The Bertz CT molecular complexity index is 1420. The van der Waals surface area contributed by atoms with E-state index in [-0.39, 0.29) is 27.9 Å². The number of amides is 1. The Morgan fingerprint density at radius 2 is 1.89 bits per heavy atom. The Balaban J connectivity index is 1.53. The number of ether oxygens (including phenoxy) is 1. The lowest BCUT2D eigenvalue weighted by molar-refractivity contribution is -0.113. The topological polar surface area (TPSA) is 111 Å². The van der Waals surface area contributed by atoms with Gasteiger partial charge in [-0.2, -0.15) is 4.31 Å². The average Bonchev–Trinajstić information content (AvgIpc) is 2.90. The number of para-hydroxylation sites is 1. The minimum absolute atomic E-state index is 0.00866. The molecule has 0 aliphatic carbocycles. The van der Waals surface area contributed by atoms with Crippen LogP contribution in [0.15, 0.2) is 57.3 Å². The lowest BCUT2D eigenvalue weighted by Crippen LogP contribution is -2.35.